The summed E-state index contributed by atoms with van der Waals surface area (Å²) in [4.78, 5) is 12.5. The molecule has 0 aliphatic rings. The number of aliphatic imine (C=N–C) groups is 1. The third-order valence-electron chi connectivity index (χ3n) is 3.56. The van der Waals surface area contributed by atoms with E-state index >= 15 is 0 Å². The van der Waals surface area contributed by atoms with Gasteiger partial charge in [0.25, 0.3) is 0 Å². The first kappa shape index (κ1) is 15.9. The number of anilines is 2. The molecule has 5 heteroatoms. The van der Waals surface area contributed by atoms with Crippen molar-refractivity contribution >= 4 is 23.5 Å². The maximum Gasteiger partial charge on any atom is 0.132 e. The van der Waals surface area contributed by atoms with Crippen LogP contribution in [-0.4, -0.2) is 36.9 Å². The highest BCUT2D eigenvalue weighted by Gasteiger charge is 2.12. The Bertz CT molecular complexity index is 655. The molecule has 1 aromatic heterocycles. The highest BCUT2D eigenvalue weighted by atomic mass is 19.1. The second-order valence-corrected chi connectivity index (χ2v) is 5.13. The first-order valence-electron chi connectivity index (χ1n) is 7.22. The van der Waals surface area contributed by atoms with E-state index in [1.807, 2.05) is 55.9 Å². The predicted molar refractivity (Wildman–Crippen MR) is 89.9 cm³/mol. The van der Waals surface area contributed by atoms with Crippen LogP contribution in [-0.2, 0) is 0 Å². The van der Waals surface area contributed by atoms with Gasteiger partial charge < -0.3 is 9.80 Å². The molecule has 116 valence electrons. The molecular formula is C17H21FN4. The number of halogens is 1. The van der Waals surface area contributed by atoms with Gasteiger partial charge in [0.05, 0.1) is 17.7 Å². The molecule has 2 aromatic rings. The van der Waals surface area contributed by atoms with Crippen molar-refractivity contribution in [3.63, 3.8) is 0 Å². The lowest BCUT2D eigenvalue weighted by atomic mass is 10.1. The molecule has 22 heavy (non-hydrogen) atoms. The summed E-state index contributed by atoms with van der Waals surface area (Å²) in [6, 6.07) is 8.60. The summed E-state index contributed by atoms with van der Waals surface area (Å²) in [5.74, 6) is 0.450. The van der Waals surface area contributed by atoms with Gasteiger partial charge in [-0.1, -0.05) is 6.07 Å². The van der Waals surface area contributed by atoms with Gasteiger partial charge in [0, 0.05) is 26.8 Å². The minimum atomic E-state index is -0.310. The van der Waals surface area contributed by atoms with Gasteiger partial charge in [0.2, 0.25) is 0 Å². The summed E-state index contributed by atoms with van der Waals surface area (Å²) in [6.07, 6.45) is 3.43. The lowest BCUT2D eigenvalue weighted by Crippen LogP contribution is -2.15. The SMILES string of the molecule is CCN(C)C=Nc1cc(F)cc(N(C)c2ccccn2)c1C. The number of hydrogen-bond donors (Lipinski definition) is 0. The monoisotopic (exact) mass is 300 g/mol. The van der Waals surface area contributed by atoms with Crippen molar-refractivity contribution in [1.82, 2.24) is 9.88 Å². The fourth-order valence-corrected chi connectivity index (χ4v) is 2.05. The Kier molecular flexibility index (Phi) is 5.09. The molecule has 0 atom stereocenters. The van der Waals surface area contributed by atoms with E-state index in [1.165, 1.54) is 12.1 Å². The van der Waals surface area contributed by atoms with Gasteiger partial charge in [-0.05, 0) is 43.7 Å². The van der Waals surface area contributed by atoms with E-state index in [0.717, 1.165) is 23.6 Å². The van der Waals surface area contributed by atoms with Gasteiger partial charge in [-0.25, -0.2) is 14.4 Å². The Balaban J connectivity index is 2.40. The summed E-state index contributed by atoms with van der Waals surface area (Å²) < 4.78 is 14.0. The molecular weight excluding hydrogens is 279 g/mol. The standard InChI is InChI=1S/C17H21FN4/c1-5-21(3)12-20-15-10-14(18)11-16(13(15)2)22(4)17-8-6-7-9-19-17/h6-12H,5H2,1-4H3. The molecule has 1 heterocycles. The van der Waals surface area contributed by atoms with Crippen molar-refractivity contribution in [1.29, 1.82) is 0 Å². The van der Waals surface area contributed by atoms with Crippen LogP contribution in [0.2, 0.25) is 0 Å². The van der Waals surface area contributed by atoms with Gasteiger partial charge in [0.1, 0.15) is 11.6 Å². The molecule has 0 fully saturated rings. The molecule has 0 N–H and O–H groups in total. The lowest BCUT2D eigenvalue weighted by Gasteiger charge is -2.21. The Morgan fingerprint density at radius 2 is 2.05 bits per heavy atom. The molecule has 0 aliphatic carbocycles. The van der Waals surface area contributed by atoms with E-state index in [4.69, 9.17) is 0 Å². The first-order valence-corrected chi connectivity index (χ1v) is 7.22. The third-order valence-corrected chi connectivity index (χ3v) is 3.56. The fraction of sp³-hybridized carbons (Fsp3) is 0.294. The van der Waals surface area contributed by atoms with E-state index in [0.29, 0.717) is 5.69 Å². The van der Waals surface area contributed by atoms with E-state index in [9.17, 15) is 4.39 Å². The maximum atomic E-state index is 14.0. The maximum absolute atomic E-state index is 14.0. The molecule has 1 aromatic carbocycles. The smallest absolute Gasteiger partial charge is 0.132 e. The molecule has 0 amide bonds. The second-order valence-electron chi connectivity index (χ2n) is 5.13. The van der Waals surface area contributed by atoms with E-state index in [-0.39, 0.29) is 5.82 Å². The predicted octanol–water partition coefficient (Wildman–Crippen LogP) is 3.91. The minimum absolute atomic E-state index is 0.310. The highest BCUT2D eigenvalue weighted by Crippen LogP contribution is 2.32. The molecule has 4 nitrogen and oxygen atoms in total. The van der Waals surface area contributed by atoms with Crippen LogP contribution < -0.4 is 4.90 Å². The van der Waals surface area contributed by atoms with Crippen LogP contribution in [0, 0.1) is 12.7 Å². The zero-order valence-corrected chi connectivity index (χ0v) is 13.4. The fourth-order valence-electron chi connectivity index (χ4n) is 2.05. The second kappa shape index (κ2) is 7.02. The van der Waals surface area contributed by atoms with Crippen molar-refractivity contribution in [2.24, 2.45) is 4.99 Å². The quantitative estimate of drug-likeness (QED) is 0.620. The van der Waals surface area contributed by atoms with Crippen molar-refractivity contribution in [2.75, 3.05) is 25.5 Å². The molecule has 0 saturated heterocycles. The largest absolute Gasteiger partial charge is 0.366 e. The topological polar surface area (TPSA) is 31.7 Å². The lowest BCUT2D eigenvalue weighted by molar-refractivity contribution is 0.552. The van der Waals surface area contributed by atoms with Crippen LogP contribution in [0.25, 0.3) is 0 Å². The molecule has 0 unspecified atom stereocenters. The normalized spacial score (nSPS) is 11.0. The minimum Gasteiger partial charge on any atom is -0.366 e. The van der Waals surface area contributed by atoms with Gasteiger partial charge in [0.15, 0.2) is 0 Å². The van der Waals surface area contributed by atoms with E-state index < -0.39 is 0 Å². The molecule has 0 radical (unpaired) electrons. The third kappa shape index (κ3) is 3.61. The van der Waals surface area contributed by atoms with Gasteiger partial charge in [-0.15, -0.1) is 0 Å². The average Bonchev–Trinajstić information content (AvgIpc) is 2.55. The van der Waals surface area contributed by atoms with Crippen LogP contribution >= 0.6 is 0 Å². The van der Waals surface area contributed by atoms with Crippen LogP contribution in [0.5, 0.6) is 0 Å². The van der Waals surface area contributed by atoms with Crippen LogP contribution in [0.4, 0.5) is 21.6 Å². The molecule has 0 spiro atoms. The average molecular weight is 300 g/mol. The van der Waals surface area contributed by atoms with E-state index in [2.05, 4.69) is 9.98 Å². The Labute approximate surface area is 130 Å². The number of hydrogen-bond acceptors (Lipinski definition) is 3. The molecule has 0 bridgehead atoms. The highest BCUT2D eigenvalue weighted by molar-refractivity contribution is 5.72. The summed E-state index contributed by atoms with van der Waals surface area (Å²) >= 11 is 0. The summed E-state index contributed by atoms with van der Waals surface area (Å²) in [5, 5.41) is 0. The van der Waals surface area contributed by atoms with Crippen LogP contribution in [0.3, 0.4) is 0 Å². The number of rotatable bonds is 5. The van der Waals surface area contributed by atoms with E-state index in [1.54, 1.807) is 12.5 Å². The molecule has 0 saturated carbocycles. The molecule has 2 rings (SSSR count). The number of aromatic nitrogens is 1. The number of nitrogens with zero attached hydrogens (tertiary/aromatic N) is 4. The first-order chi connectivity index (χ1) is 10.5. The van der Waals surface area contributed by atoms with Gasteiger partial charge in [-0.3, -0.25) is 0 Å². The zero-order chi connectivity index (χ0) is 16.1. The Morgan fingerprint density at radius 1 is 1.27 bits per heavy atom. The number of benzene rings is 1. The molecule has 0 aliphatic heterocycles. The van der Waals surface area contributed by atoms with Crippen molar-refractivity contribution in [3.8, 4) is 0 Å². The number of pyridine rings is 1. The zero-order valence-electron chi connectivity index (χ0n) is 13.4. The van der Waals surface area contributed by atoms with Crippen LogP contribution in [0.15, 0.2) is 41.5 Å². The Morgan fingerprint density at radius 3 is 2.68 bits per heavy atom. The summed E-state index contributed by atoms with van der Waals surface area (Å²) in [6.45, 7) is 4.82. The van der Waals surface area contributed by atoms with Gasteiger partial charge in [-0.2, -0.15) is 0 Å². The van der Waals surface area contributed by atoms with Crippen LogP contribution in [0.1, 0.15) is 12.5 Å². The Hall–Kier alpha value is -2.43. The van der Waals surface area contributed by atoms with Gasteiger partial charge >= 0.3 is 0 Å². The van der Waals surface area contributed by atoms with Crippen molar-refractivity contribution in [3.05, 3.63) is 47.9 Å². The summed E-state index contributed by atoms with van der Waals surface area (Å²) in [7, 11) is 3.80. The summed E-state index contributed by atoms with van der Waals surface area (Å²) in [5.41, 5.74) is 2.29. The van der Waals surface area contributed by atoms with Crippen molar-refractivity contribution in [2.45, 2.75) is 13.8 Å². The van der Waals surface area contributed by atoms with Crippen molar-refractivity contribution < 1.29 is 4.39 Å².